The topological polar surface area (TPSA) is 58.2 Å². The molecule has 0 aliphatic carbocycles. The van der Waals surface area contributed by atoms with Crippen LogP contribution >= 0.6 is 11.3 Å². The molecule has 0 saturated carbocycles. The fraction of sp³-hybridized carbons (Fsp3) is 0.286. The molecule has 1 aromatic heterocycles. The second-order valence-electron chi connectivity index (χ2n) is 4.70. The van der Waals surface area contributed by atoms with Crippen LogP contribution in [0.4, 0.5) is 5.69 Å². The fourth-order valence-electron chi connectivity index (χ4n) is 1.82. The van der Waals surface area contributed by atoms with Crippen molar-refractivity contribution >= 4 is 27.0 Å². The van der Waals surface area contributed by atoms with Crippen LogP contribution in [0.5, 0.6) is 0 Å². The maximum atomic E-state index is 12.4. The normalized spacial score (nSPS) is 11.6. The summed E-state index contributed by atoms with van der Waals surface area (Å²) in [6.45, 7) is 4.49. The van der Waals surface area contributed by atoms with Crippen molar-refractivity contribution in [1.82, 2.24) is 5.32 Å². The average molecular weight is 310 g/mol. The van der Waals surface area contributed by atoms with Crippen molar-refractivity contribution in [2.24, 2.45) is 0 Å². The molecule has 108 valence electrons. The molecule has 0 aliphatic rings. The summed E-state index contributed by atoms with van der Waals surface area (Å²) in [5.74, 6) is 0. The summed E-state index contributed by atoms with van der Waals surface area (Å²) in [5.41, 5.74) is 2.56. The number of thiophene rings is 1. The zero-order valence-corrected chi connectivity index (χ0v) is 13.4. The molecule has 1 aromatic carbocycles. The van der Waals surface area contributed by atoms with E-state index in [0.717, 1.165) is 16.0 Å². The molecule has 1 heterocycles. The van der Waals surface area contributed by atoms with Crippen LogP contribution in [0.25, 0.3) is 0 Å². The molecule has 6 heteroatoms. The number of aryl methyl sites for hydroxylation is 2. The average Bonchev–Trinajstić information content (AvgIpc) is 2.83. The first-order valence-electron chi connectivity index (χ1n) is 6.24. The summed E-state index contributed by atoms with van der Waals surface area (Å²) in [4.78, 5) is 1.31. The fourth-order valence-corrected chi connectivity index (χ4v) is 4.23. The number of hydrogen-bond acceptors (Lipinski definition) is 4. The van der Waals surface area contributed by atoms with Gasteiger partial charge in [-0.15, -0.1) is 11.3 Å². The van der Waals surface area contributed by atoms with Crippen LogP contribution in [-0.2, 0) is 16.6 Å². The van der Waals surface area contributed by atoms with Crippen molar-refractivity contribution in [3.05, 3.63) is 45.6 Å². The van der Waals surface area contributed by atoms with E-state index in [2.05, 4.69) is 10.0 Å². The Balaban J connectivity index is 2.28. The van der Waals surface area contributed by atoms with Crippen LogP contribution in [0.1, 0.15) is 16.0 Å². The van der Waals surface area contributed by atoms with Gasteiger partial charge in [-0.2, -0.15) is 0 Å². The van der Waals surface area contributed by atoms with Crippen LogP contribution in [0, 0.1) is 13.8 Å². The molecule has 0 radical (unpaired) electrons. The van der Waals surface area contributed by atoms with Crippen LogP contribution in [-0.4, -0.2) is 15.5 Å². The maximum absolute atomic E-state index is 12.4. The summed E-state index contributed by atoms with van der Waals surface area (Å²) in [5, 5.41) is 4.68. The monoisotopic (exact) mass is 310 g/mol. The largest absolute Gasteiger partial charge is 0.315 e. The quantitative estimate of drug-likeness (QED) is 0.893. The van der Waals surface area contributed by atoms with E-state index in [-0.39, 0.29) is 0 Å². The third-order valence-corrected chi connectivity index (χ3v) is 5.36. The molecule has 0 amide bonds. The predicted octanol–water partition coefficient (Wildman–Crippen LogP) is 2.89. The molecule has 20 heavy (non-hydrogen) atoms. The van der Waals surface area contributed by atoms with Gasteiger partial charge in [0.2, 0.25) is 0 Å². The van der Waals surface area contributed by atoms with Crippen molar-refractivity contribution in [2.75, 3.05) is 11.8 Å². The van der Waals surface area contributed by atoms with Gasteiger partial charge >= 0.3 is 0 Å². The molecule has 0 bridgehead atoms. The summed E-state index contributed by atoms with van der Waals surface area (Å²) in [7, 11) is -1.68. The lowest BCUT2D eigenvalue weighted by atomic mass is 10.1. The highest BCUT2D eigenvalue weighted by Crippen LogP contribution is 2.24. The second kappa shape index (κ2) is 5.95. The summed E-state index contributed by atoms with van der Waals surface area (Å²) in [6.07, 6.45) is 0. The molecule has 2 N–H and O–H groups in total. The molecule has 0 aliphatic heterocycles. The lowest BCUT2D eigenvalue weighted by Crippen LogP contribution is -2.13. The molecule has 0 unspecified atom stereocenters. The Morgan fingerprint density at radius 2 is 1.95 bits per heavy atom. The van der Waals surface area contributed by atoms with Crippen molar-refractivity contribution < 1.29 is 8.42 Å². The van der Waals surface area contributed by atoms with Crippen LogP contribution in [0.2, 0.25) is 0 Å². The smallest absolute Gasteiger partial charge is 0.262 e. The van der Waals surface area contributed by atoms with E-state index >= 15 is 0 Å². The molecule has 4 nitrogen and oxygen atoms in total. The van der Waals surface area contributed by atoms with Crippen LogP contribution < -0.4 is 10.0 Å². The first-order chi connectivity index (χ1) is 9.42. The Kier molecular flexibility index (Phi) is 4.47. The Labute approximate surface area is 123 Å². The Morgan fingerprint density at radius 3 is 2.65 bits per heavy atom. The Bertz CT molecular complexity index is 706. The third-order valence-electron chi connectivity index (χ3n) is 2.93. The molecule has 2 rings (SSSR count). The highest BCUT2D eigenvalue weighted by molar-refractivity contribution is 7.92. The first kappa shape index (κ1) is 15.0. The maximum Gasteiger partial charge on any atom is 0.262 e. The van der Waals surface area contributed by atoms with Gasteiger partial charge in [-0.3, -0.25) is 4.72 Å². The number of sulfonamides is 1. The SMILES string of the molecule is CNCc1cc(S(=O)(=O)Nc2cc(C)ccc2C)cs1. The molecule has 0 atom stereocenters. The number of rotatable bonds is 5. The van der Waals surface area contributed by atoms with Gasteiger partial charge in [0.25, 0.3) is 10.0 Å². The van der Waals surface area contributed by atoms with E-state index in [1.54, 1.807) is 11.4 Å². The first-order valence-corrected chi connectivity index (χ1v) is 8.61. The zero-order chi connectivity index (χ0) is 14.8. The summed E-state index contributed by atoms with van der Waals surface area (Å²) < 4.78 is 27.4. The molecular formula is C14H18N2O2S2. The van der Waals surface area contributed by atoms with Crippen molar-refractivity contribution in [3.8, 4) is 0 Å². The van der Waals surface area contributed by atoms with E-state index in [1.165, 1.54) is 11.3 Å². The molecule has 0 saturated heterocycles. The van der Waals surface area contributed by atoms with E-state index in [1.807, 2.05) is 39.1 Å². The number of anilines is 1. The van der Waals surface area contributed by atoms with Crippen molar-refractivity contribution in [1.29, 1.82) is 0 Å². The van der Waals surface area contributed by atoms with Gasteiger partial charge in [-0.25, -0.2) is 8.42 Å². The van der Waals surface area contributed by atoms with Crippen LogP contribution in [0.3, 0.4) is 0 Å². The summed E-state index contributed by atoms with van der Waals surface area (Å²) >= 11 is 1.44. The van der Waals surface area contributed by atoms with Crippen molar-refractivity contribution in [2.45, 2.75) is 25.3 Å². The van der Waals surface area contributed by atoms with Gasteiger partial charge < -0.3 is 5.32 Å². The van der Waals surface area contributed by atoms with Gasteiger partial charge in [-0.1, -0.05) is 12.1 Å². The second-order valence-corrected chi connectivity index (χ2v) is 7.38. The zero-order valence-electron chi connectivity index (χ0n) is 11.7. The third kappa shape index (κ3) is 3.39. The highest BCUT2D eigenvalue weighted by atomic mass is 32.2. The Morgan fingerprint density at radius 1 is 1.20 bits per heavy atom. The van der Waals surface area contributed by atoms with Crippen molar-refractivity contribution in [3.63, 3.8) is 0 Å². The predicted molar refractivity (Wildman–Crippen MR) is 83.8 cm³/mol. The van der Waals surface area contributed by atoms with Gasteiger partial charge in [0.1, 0.15) is 0 Å². The van der Waals surface area contributed by atoms with E-state index in [0.29, 0.717) is 17.1 Å². The number of hydrogen-bond donors (Lipinski definition) is 2. The lowest BCUT2D eigenvalue weighted by Gasteiger charge is -2.10. The van der Waals surface area contributed by atoms with E-state index in [9.17, 15) is 8.42 Å². The van der Waals surface area contributed by atoms with Gasteiger partial charge in [0.05, 0.1) is 10.6 Å². The van der Waals surface area contributed by atoms with Gasteiger partial charge in [0.15, 0.2) is 0 Å². The van der Waals surface area contributed by atoms with E-state index < -0.39 is 10.0 Å². The number of nitrogens with one attached hydrogen (secondary N) is 2. The van der Waals surface area contributed by atoms with Gasteiger partial charge in [0, 0.05) is 16.8 Å². The minimum Gasteiger partial charge on any atom is -0.315 e. The molecule has 2 aromatic rings. The minimum atomic E-state index is -3.52. The number of benzene rings is 1. The minimum absolute atomic E-state index is 0.314. The summed E-state index contributed by atoms with van der Waals surface area (Å²) in [6, 6.07) is 7.42. The van der Waals surface area contributed by atoms with E-state index in [4.69, 9.17) is 0 Å². The molecule has 0 fully saturated rings. The molecule has 0 spiro atoms. The van der Waals surface area contributed by atoms with Crippen LogP contribution in [0.15, 0.2) is 34.5 Å². The highest BCUT2D eigenvalue weighted by Gasteiger charge is 2.17. The Hall–Kier alpha value is -1.37. The lowest BCUT2D eigenvalue weighted by molar-refractivity contribution is 0.601. The molecular weight excluding hydrogens is 292 g/mol. The van der Waals surface area contributed by atoms with Gasteiger partial charge in [-0.05, 0) is 44.2 Å². The standard InChI is InChI=1S/C14H18N2O2S2/c1-10-4-5-11(2)14(6-10)16-20(17,18)13-7-12(8-15-3)19-9-13/h4-7,9,15-16H,8H2,1-3H3.